The van der Waals surface area contributed by atoms with E-state index >= 15 is 0 Å². The summed E-state index contributed by atoms with van der Waals surface area (Å²) in [5.74, 6) is 0.610. The highest BCUT2D eigenvalue weighted by molar-refractivity contribution is 6.33. The first kappa shape index (κ1) is 14.2. The van der Waals surface area contributed by atoms with E-state index in [9.17, 15) is 0 Å². The average molecular weight is 286 g/mol. The minimum Gasteiger partial charge on any atom is -0.313 e. The first-order chi connectivity index (χ1) is 8.45. The maximum atomic E-state index is 6.34. The van der Waals surface area contributed by atoms with Gasteiger partial charge in [-0.25, -0.2) is 0 Å². The number of hydrogen-bond acceptors (Lipinski definition) is 1. The van der Waals surface area contributed by atoms with Crippen LogP contribution in [0.15, 0.2) is 18.2 Å². The average Bonchev–Trinajstić information content (AvgIpc) is 2.65. The second kappa shape index (κ2) is 5.40. The quantitative estimate of drug-likeness (QED) is 0.817. The van der Waals surface area contributed by atoms with Crippen molar-refractivity contribution < 1.29 is 0 Å². The first-order valence-corrected chi connectivity index (χ1v) is 7.33. The summed E-state index contributed by atoms with van der Waals surface area (Å²) >= 11 is 12.5. The molecule has 1 nitrogen and oxygen atoms in total. The van der Waals surface area contributed by atoms with Gasteiger partial charge < -0.3 is 5.32 Å². The molecule has 1 N–H and O–H groups in total. The highest BCUT2D eigenvalue weighted by Crippen LogP contribution is 2.49. The monoisotopic (exact) mass is 285 g/mol. The van der Waals surface area contributed by atoms with Crippen molar-refractivity contribution in [3.63, 3.8) is 0 Å². The maximum Gasteiger partial charge on any atom is 0.0454 e. The van der Waals surface area contributed by atoms with Crippen molar-refractivity contribution >= 4 is 23.2 Å². The molecule has 2 rings (SSSR count). The fourth-order valence-corrected chi connectivity index (χ4v) is 3.71. The molecule has 0 aromatic heterocycles. The third kappa shape index (κ3) is 2.68. The summed E-state index contributed by atoms with van der Waals surface area (Å²) in [5, 5.41) is 5.00. The molecule has 0 bridgehead atoms. The van der Waals surface area contributed by atoms with Crippen LogP contribution in [0.1, 0.15) is 44.7 Å². The van der Waals surface area contributed by atoms with E-state index in [0.29, 0.717) is 11.3 Å². The highest BCUT2D eigenvalue weighted by atomic mass is 35.5. The zero-order valence-corrected chi connectivity index (χ0v) is 12.8. The molecule has 0 saturated heterocycles. The minimum absolute atomic E-state index is 0.286. The van der Waals surface area contributed by atoms with Gasteiger partial charge in [-0.15, -0.1) is 0 Å². The highest BCUT2D eigenvalue weighted by Gasteiger charge is 2.40. The molecule has 1 saturated carbocycles. The molecule has 1 aromatic rings. The molecule has 1 aromatic carbocycles. The van der Waals surface area contributed by atoms with Crippen LogP contribution in [0.4, 0.5) is 0 Å². The predicted molar refractivity (Wildman–Crippen MR) is 79.4 cm³/mol. The lowest BCUT2D eigenvalue weighted by atomic mass is 9.75. The number of nitrogens with one attached hydrogen (secondary N) is 1. The fourth-order valence-electron chi connectivity index (χ4n) is 3.30. The van der Waals surface area contributed by atoms with Gasteiger partial charge in [0.25, 0.3) is 0 Å². The lowest BCUT2D eigenvalue weighted by molar-refractivity contribution is 0.204. The van der Waals surface area contributed by atoms with Gasteiger partial charge in [-0.05, 0) is 55.0 Å². The smallest absolute Gasteiger partial charge is 0.0454 e. The molecule has 1 fully saturated rings. The van der Waals surface area contributed by atoms with E-state index < -0.39 is 0 Å². The molecule has 2 atom stereocenters. The molecule has 0 spiro atoms. The Hall–Kier alpha value is -0.240. The molecule has 0 aliphatic heterocycles. The fraction of sp³-hybridized carbons (Fsp3) is 0.600. The maximum absolute atomic E-state index is 6.34. The standard InChI is InChI=1S/C15H21Cl2N/c1-15(2)8-4-5-12(15)14(18-3)11-9-10(16)6-7-13(11)17/h6-7,9,12,14,18H,4-5,8H2,1-3H3. The number of hydrogen-bond donors (Lipinski definition) is 1. The van der Waals surface area contributed by atoms with Gasteiger partial charge in [0.15, 0.2) is 0 Å². The van der Waals surface area contributed by atoms with E-state index in [-0.39, 0.29) is 6.04 Å². The van der Waals surface area contributed by atoms with Crippen LogP contribution in [0.3, 0.4) is 0 Å². The molecule has 18 heavy (non-hydrogen) atoms. The van der Waals surface area contributed by atoms with Gasteiger partial charge >= 0.3 is 0 Å². The Labute approximate surface area is 120 Å². The molecule has 1 aliphatic rings. The Balaban J connectivity index is 2.36. The van der Waals surface area contributed by atoms with Crippen LogP contribution in [0.2, 0.25) is 10.0 Å². The van der Waals surface area contributed by atoms with Crippen LogP contribution >= 0.6 is 23.2 Å². The van der Waals surface area contributed by atoms with E-state index in [0.717, 1.165) is 15.6 Å². The summed E-state index contributed by atoms with van der Waals surface area (Å²) in [4.78, 5) is 0. The lowest BCUT2D eigenvalue weighted by Gasteiger charge is -2.34. The summed E-state index contributed by atoms with van der Waals surface area (Å²) in [6, 6.07) is 6.03. The summed E-state index contributed by atoms with van der Waals surface area (Å²) in [6.07, 6.45) is 3.84. The van der Waals surface area contributed by atoms with Crippen LogP contribution in [0, 0.1) is 11.3 Å². The van der Waals surface area contributed by atoms with Gasteiger partial charge in [-0.1, -0.05) is 43.5 Å². The van der Waals surface area contributed by atoms with E-state index in [1.165, 1.54) is 19.3 Å². The molecule has 1 aliphatic carbocycles. The predicted octanol–water partition coefficient (Wildman–Crippen LogP) is 5.08. The Bertz CT molecular complexity index is 429. The van der Waals surface area contributed by atoms with Crippen molar-refractivity contribution in [2.75, 3.05) is 7.05 Å². The van der Waals surface area contributed by atoms with E-state index in [1.54, 1.807) is 0 Å². The molecular weight excluding hydrogens is 265 g/mol. The summed E-state index contributed by atoms with van der Waals surface area (Å²) in [5.41, 5.74) is 1.49. The van der Waals surface area contributed by atoms with Gasteiger partial charge in [-0.2, -0.15) is 0 Å². The number of rotatable bonds is 3. The third-order valence-electron chi connectivity index (χ3n) is 4.35. The second-order valence-corrected chi connectivity index (χ2v) is 6.76. The van der Waals surface area contributed by atoms with Gasteiger partial charge in [0, 0.05) is 16.1 Å². The van der Waals surface area contributed by atoms with E-state index in [1.807, 2.05) is 25.2 Å². The molecule has 100 valence electrons. The van der Waals surface area contributed by atoms with Gasteiger partial charge in [0.2, 0.25) is 0 Å². The van der Waals surface area contributed by atoms with Crippen molar-refractivity contribution in [1.82, 2.24) is 5.32 Å². The van der Waals surface area contributed by atoms with Crippen LogP contribution < -0.4 is 5.32 Å². The second-order valence-electron chi connectivity index (χ2n) is 5.92. The van der Waals surface area contributed by atoms with E-state index in [2.05, 4.69) is 19.2 Å². The lowest BCUT2D eigenvalue weighted by Crippen LogP contribution is -2.32. The number of benzene rings is 1. The zero-order valence-electron chi connectivity index (χ0n) is 11.3. The van der Waals surface area contributed by atoms with Gasteiger partial charge in [0.1, 0.15) is 0 Å². The van der Waals surface area contributed by atoms with Crippen LogP contribution in [-0.2, 0) is 0 Å². The minimum atomic E-state index is 0.286. The Morgan fingerprint density at radius 3 is 2.61 bits per heavy atom. The van der Waals surface area contributed by atoms with Crippen LogP contribution in [0.25, 0.3) is 0 Å². The van der Waals surface area contributed by atoms with Crippen molar-refractivity contribution in [3.8, 4) is 0 Å². The Morgan fingerprint density at radius 2 is 2.06 bits per heavy atom. The summed E-state index contributed by atoms with van der Waals surface area (Å²) in [6.45, 7) is 4.71. The SMILES string of the molecule is CNC(c1cc(Cl)ccc1Cl)C1CCCC1(C)C. The van der Waals surface area contributed by atoms with E-state index in [4.69, 9.17) is 23.2 Å². The van der Waals surface area contributed by atoms with Crippen molar-refractivity contribution in [2.45, 2.75) is 39.2 Å². The van der Waals surface area contributed by atoms with Gasteiger partial charge in [0.05, 0.1) is 0 Å². The van der Waals surface area contributed by atoms with Crippen molar-refractivity contribution in [1.29, 1.82) is 0 Å². The molecule has 0 radical (unpaired) electrons. The largest absolute Gasteiger partial charge is 0.313 e. The van der Waals surface area contributed by atoms with Crippen molar-refractivity contribution in [2.24, 2.45) is 11.3 Å². The van der Waals surface area contributed by atoms with Crippen LogP contribution in [-0.4, -0.2) is 7.05 Å². The first-order valence-electron chi connectivity index (χ1n) is 6.58. The van der Waals surface area contributed by atoms with Crippen molar-refractivity contribution in [3.05, 3.63) is 33.8 Å². The molecule has 0 heterocycles. The molecule has 3 heteroatoms. The normalized spacial score (nSPS) is 24.2. The molecule has 2 unspecified atom stereocenters. The Kier molecular flexibility index (Phi) is 4.25. The summed E-state index contributed by atoms with van der Waals surface area (Å²) < 4.78 is 0. The molecule has 0 amide bonds. The third-order valence-corrected chi connectivity index (χ3v) is 4.93. The van der Waals surface area contributed by atoms with Crippen LogP contribution in [0.5, 0.6) is 0 Å². The topological polar surface area (TPSA) is 12.0 Å². The molecular formula is C15H21Cl2N. The van der Waals surface area contributed by atoms with Gasteiger partial charge in [-0.3, -0.25) is 0 Å². The Morgan fingerprint density at radius 1 is 1.33 bits per heavy atom. The number of halogens is 2. The summed E-state index contributed by atoms with van der Waals surface area (Å²) in [7, 11) is 2.01. The zero-order chi connectivity index (χ0) is 13.3.